The van der Waals surface area contributed by atoms with Crippen LogP contribution in [0.25, 0.3) is 0 Å². The van der Waals surface area contributed by atoms with Gasteiger partial charge in [-0.05, 0) is 39.5 Å². The number of hydrogen-bond donors (Lipinski definition) is 0. The Kier molecular flexibility index (Phi) is 6.74. The van der Waals surface area contributed by atoms with Crippen LogP contribution >= 0.6 is 0 Å². The lowest BCUT2D eigenvalue weighted by Crippen LogP contribution is -2.22. The molecule has 2 heteroatoms. The van der Waals surface area contributed by atoms with Gasteiger partial charge in [0.2, 0.25) is 0 Å². The number of allylic oxidation sites excluding steroid dienone is 2. The highest BCUT2D eigenvalue weighted by atomic mass is 16.5. The van der Waals surface area contributed by atoms with E-state index < -0.39 is 0 Å². The lowest BCUT2D eigenvalue weighted by atomic mass is 10.0. The van der Waals surface area contributed by atoms with Crippen LogP contribution in [0, 0.1) is 0 Å². The zero-order valence-electron chi connectivity index (χ0n) is 11.0. The third-order valence-electron chi connectivity index (χ3n) is 3.24. The van der Waals surface area contributed by atoms with E-state index in [4.69, 9.17) is 9.47 Å². The highest BCUT2D eigenvalue weighted by molar-refractivity contribution is 4.95. The normalized spacial score (nSPS) is 23.7. The quantitative estimate of drug-likeness (QED) is 0.616. The minimum Gasteiger partial charge on any atom is -0.379 e. The monoisotopic (exact) mass is 226 g/mol. The lowest BCUT2D eigenvalue weighted by molar-refractivity contribution is -0.0233. The molecule has 0 amide bonds. The van der Waals surface area contributed by atoms with Gasteiger partial charge in [0.25, 0.3) is 0 Å². The predicted molar refractivity (Wildman–Crippen MR) is 67.7 cm³/mol. The maximum Gasteiger partial charge on any atom is 0.0834 e. The molecule has 0 aromatic rings. The van der Waals surface area contributed by atoms with Crippen LogP contribution in [0.4, 0.5) is 0 Å². The van der Waals surface area contributed by atoms with Crippen LogP contribution in [0.2, 0.25) is 0 Å². The van der Waals surface area contributed by atoms with E-state index in [0.717, 1.165) is 32.5 Å². The molecule has 0 N–H and O–H groups in total. The van der Waals surface area contributed by atoms with E-state index in [2.05, 4.69) is 26.8 Å². The zero-order valence-corrected chi connectivity index (χ0v) is 11.0. The van der Waals surface area contributed by atoms with Crippen molar-refractivity contribution < 1.29 is 9.47 Å². The van der Waals surface area contributed by atoms with Gasteiger partial charge in [-0.2, -0.15) is 0 Å². The Morgan fingerprint density at radius 2 is 2.31 bits per heavy atom. The molecular weight excluding hydrogens is 200 g/mol. The summed E-state index contributed by atoms with van der Waals surface area (Å²) in [6, 6.07) is 0. The minimum absolute atomic E-state index is 0.350. The zero-order chi connectivity index (χ0) is 11.8. The van der Waals surface area contributed by atoms with Gasteiger partial charge in [-0.3, -0.25) is 0 Å². The van der Waals surface area contributed by atoms with Crippen LogP contribution in [-0.4, -0.2) is 25.4 Å². The van der Waals surface area contributed by atoms with Crippen molar-refractivity contribution in [2.45, 2.75) is 65.1 Å². The highest BCUT2D eigenvalue weighted by Crippen LogP contribution is 2.18. The Labute approximate surface area is 100 Å². The molecule has 0 bridgehead atoms. The molecule has 1 fully saturated rings. The van der Waals surface area contributed by atoms with Gasteiger partial charge in [-0.15, -0.1) is 0 Å². The van der Waals surface area contributed by atoms with Crippen molar-refractivity contribution in [3.8, 4) is 0 Å². The van der Waals surface area contributed by atoms with Crippen molar-refractivity contribution in [1.29, 1.82) is 0 Å². The van der Waals surface area contributed by atoms with Gasteiger partial charge in [-0.1, -0.05) is 25.0 Å². The summed E-state index contributed by atoms with van der Waals surface area (Å²) in [5.74, 6) is 0. The summed E-state index contributed by atoms with van der Waals surface area (Å²) in [5.41, 5.74) is 1.47. The Morgan fingerprint density at radius 3 is 2.88 bits per heavy atom. The summed E-state index contributed by atoms with van der Waals surface area (Å²) in [7, 11) is 0. The third kappa shape index (κ3) is 5.13. The van der Waals surface area contributed by atoms with E-state index >= 15 is 0 Å². The second kappa shape index (κ2) is 7.86. The van der Waals surface area contributed by atoms with E-state index in [9.17, 15) is 0 Å². The molecule has 1 aliphatic heterocycles. The highest BCUT2D eigenvalue weighted by Gasteiger charge is 2.20. The van der Waals surface area contributed by atoms with E-state index in [1.807, 2.05) is 0 Å². The summed E-state index contributed by atoms with van der Waals surface area (Å²) >= 11 is 0. The molecule has 2 atom stereocenters. The van der Waals surface area contributed by atoms with Crippen LogP contribution in [0.15, 0.2) is 11.6 Å². The van der Waals surface area contributed by atoms with Crippen LogP contribution in [-0.2, 0) is 9.47 Å². The molecule has 2 nitrogen and oxygen atoms in total. The van der Waals surface area contributed by atoms with E-state index in [0.29, 0.717) is 12.2 Å². The van der Waals surface area contributed by atoms with Gasteiger partial charge in [-0.25, -0.2) is 0 Å². The summed E-state index contributed by atoms with van der Waals surface area (Å²) < 4.78 is 11.4. The Morgan fingerprint density at radius 1 is 1.50 bits per heavy atom. The molecule has 1 rings (SSSR count). The SMILES string of the molecule is C/C=C(/C)CCC(CCC)OC1CCOC1. The molecule has 2 unspecified atom stereocenters. The van der Waals surface area contributed by atoms with Gasteiger partial charge in [0, 0.05) is 6.61 Å². The van der Waals surface area contributed by atoms with Crippen molar-refractivity contribution in [3.05, 3.63) is 11.6 Å². The van der Waals surface area contributed by atoms with Crippen LogP contribution < -0.4 is 0 Å². The standard InChI is InChI=1S/C14H26O2/c1-4-6-13(8-7-12(3)5-2)16-14-9-10-15-11-14/h5,13-14H,4,6-11H2,1-3H3/b12-5-. The summed E-state index contributed by atoms with van der Waals surface area (Å²) in [6.45, 7) is 8.20. The van der Waals surface area contributed by atoms with Gasteiger partial charge >= 0.3 is 0 Å². The molecule has 94 valence electrons. The first-order valence-corrected chi connectivity index (χ1v) is 6.61. The first-order chi connectivity index (χ1) is 7.76. The minimum atomic E-state index is 0.350. The Bertz CT molecular complexity index is 205. The first kappa shape index (κ1) is 13.7. The molecule has 0 aliphatic carbocycles. The summed E-state index contributed by atoms with van der Waals surface area (Å²) in [6.07, 6.45) is 8.73. The van der Waals surface area contributed by atoms with Crippen LogP contribution in [0.3, 0.4) is 0 Å². The summed E-state index contributed by atoms with van der Waals surface area (Å²) in [5, 5.41) is 0. The van der Waals surface area contributed by atoms with E-state index in [1.165, 1.54) is 18.4 Å². The maximum atomic E-state index is 6.09. The molecule has 0 aromatic heterocycles. The van der Waals surface area contributed by atoms with Crippen molar-refractivity contribution >= 4 is 0 Å². The molecule has 1 saturated heterocycles. The molecule has 1 heterocycles. The smallest absolute Gasteiger partial charge is 0.0834 e. The second-order valence-corrected chi connectivity index (χ2v) is 4.71. The topological polar surface area (TPSA) is 18.5 Å². The van der Waals surface area contributed by atoms with Crippen LogP contribution in [0.1, 0.15) is 52.9 Å². The lowest BCUT2D eigenvalue weighted by Gasteiger charge is -2.21. The summed E-state index contributed by atoms with van der Waals surface area (Å²) in [4.78, 5) is 0. The van der Waals surface area contributed by atoms with Gasteiger partial charge in [0.15, 0.2) is 0 Å². The maximum absolute atomic E-state index is 6.09. The average molecular weight is 226 g/mol. The number of rotatable bonds is 7. The van der Waals surface area contributed by atoms with Crippen molar-refractivity contribution in [2.24, 2.45) is 0 Å². The molecular formula is C14H26O2. The largest absolute Gasteiger partial charge is 0.379 e. The molecule has 0 aromatic carbocycles. The fourth-order valence-corrected chi connectivity index (χ4v) is 2.03. The molecule has 0 saturated carbocycles. The first-order valence-electron chi connectivity index (χ1n) is 6.61. The van der Waals surface area contributed by atoms with Crippen molar-refractivity contribution in [3.63, 3.8) is 0 Å². The van der Waals surface area contributed by atoms with E-state index in [1.54, 1.807) is 0 Å². The molecule has 1 aliphatic rings. The Hall–Kier alpha value is -0.340. The number of ether oxygens (including phenoxy) is 2. The van der Waals surface area contributed by atoms with E-state index in [-0.39, 0.29) is 0 Å². The predicted octanol–water partition coefficient (Wildman–Crippen LogP) is 3.71. The molecule has 0 spiro atoms. The van der Waals surface area contributed by atoms with Gasteiger partial charge in [0.1, 0.15) is 0 Å². The molecule has 0 radical (unpaired) electrons. The fraction of sp³-hybridized carbons (Fsp3) is 0.857. The fourth-order valence-electron chi connectivity index (χ4n) is 2.03. The van der Waals surface area contributed by atoms with Gasteiger partial charge in [0.05, 0.1) is 18.8 Å². The molecule has 16 heavy (non-hydrogen) atoms. The third-order valence-corrected chi connectivity index (χ3v) is 3.24. The Balaban J connectivity index is 2.28. The van der Waals surface area contributed by atoms with Crippen LogP contribution in [0.5, 0.6) is 0 Å². The average Bonchev–Trinajstić information content (AvgIpc) is 2.78. The number of hydrogen-bond acceptors (Lipinski definition) is 2. The van der Waals surface area contributed by atoms with Gasteiger partial charge < -0.3 is 9.47 Å². The van der Waals surface area contributed by atoms with Crippen molar-refractivity contribution in [1.82, 2.24) is 0 Å². The van der Waals surface area contributed by atoms with Crippen molar-refractivity contribution in [2.75, 3.05) is 13.2 Å². The second-order valence-electron chi connectivity index (χ2n) is 4.71.